The minimum atomic E-state index is -0.994. The first-order valence-corrected chi connectivity index (χ1v) is 6.98. The first-order chi connectivity index (χ1) is 9.98. The number of benzene rings is 1. The summed E-state index contributed by atoms with van der Waals surface area (Å²) in [5.41, 5.74) is 6.68. The number of aromatic nitrogens is 1. The van der Waals surface area contributed by atoms with Gasteiger partial charge in [-0.1, -0.05) is 0 Å². The smallest absolute Gasteiger partial charge is 0.267 e. The lowest BCUT2D eigenvalue weighted by molar-refractivity contribution is -0.0251. The quantitative estimate of drug-likeness (QED) is 0.634. The van der Waals surface area contributed by atoms with Crippen molar-refractivity contribution in [1.29, 1.82) is 0 Å². The van der Waals surface area contributed by atoms with Gasteiger partial charge in [0.05, 0.1) is 6.10 Å². The van der Waals surface area contributed by atoms with Gasteiger partial charge in [-0.2, -0.15) is 0 Å². The fraction of sp³-hybridized carbons (Fsp3) is 0.400. The van der Waals surface area contributed by atoms with E-state index in [1.165, 1.54) is 0 Å². The van der Waals surface area contributed by atoms with E-state index in [4.69, 9.17) is 10.5 Å². The first kappa shape index (κ1) is 13.9. The SMILES string of the molecule is CC1OCCC1(O)CNC(=O)c1cc2cc(N)ccc2[nH]1. The Morgan fingerprint density at radius 3 is 3.10 bits per heavy atom. The maximum atomic E-state index is 12.2. The molecule has 6 heteroatoms. The van der Waals surface area contributed by atoms with Crippen LogP contribution < -0.4 is 11.1 Å². The third-order valence-electron chi connectivity index (χ3n) is 4.10. The number of rotatable bonds is 3. The third-order valence-corrected chi connectivity index (χ3v) is 4.10. The molecule has 21 heavy (non-hydrogen) atoms. The highest BCUT2D eigenvalue weighted by Gasteiger charge is 2.39. The van der Waals surface area contributed by atoms with Crippen molar-refractivity contribution in [3.05, 3.63) is 30.0 Å². The molecule has 1 aromatic heterocycles. The normalized spacial score (nSPS) is 25.3. The van der Waals surface area contributed by atoms with E-state index in [0.29, 0.717) is 24.4 Å². The molecule has 1 aliphatic heterocycles. The van der Waals surface area contributed by atoms with E-state index >= 15 is 0 Å². The zero-order chi connectivity index (χ0) is 15.0. The highest BCUT2D eigenvalue weighted by molar-refractivity contribution is 5.98. The Bertz CT molecular complexity index is 682. The van der Waals surface area contributed by atoms with Gasteiger partial charge >= 0.3 is 0 Å². The van der Waals surface area contributed by atoms with Crippen LogP contribution in [0.15, 0.2) is 24.3 Å². The number of H-pyrrole nitrogens is 1. The Balaban J connectivity index is 1.72. The Kier molecular flexibility index (Phi) is 3.35. The number of hydrogen-bond acceptors (Lipinski definition) is 4. The number of amides is 1. The van der Waals surface area contributed by atoms with Gasteiger partial charge in [-0.15, -0.1) is 0 Å². The predicted molar refractivity (Wildman–Crippen MR) is 80.0 cm³/mol. The summed E-state index contributed by atoms with van der Waals surface area (Å²) in [5.74, 6) is -0.253. The number of carbonyl (C=O) groups is 1. The Labute approximate surface area is 122 Å². The van der Waals surface area contributed by atoms with Crippen LogP contribution in [0.2, 0.25) is 0 Å². The van der Waals surface area contributed by atoms with Gasteiger partial charge in [-0.3, -0.25) is 4.79 Å². The lowest BCUT2D eigenvalue weighted by Crippen LogP contribution is -2.47. The molecule has 112 valence electrons. The van der Waals surface area contributed by atoms with Crippen molar-refractivity contribution in [2.24, 2.45) is 0 Å². The second-order valence-electron chi connectivity index (χ2n) is 5.58. The zero-order valence-electron chi connectivity index (χ0n) is 11.8. The zero-order valence-corrected chi connectivity index (χ0v) is 11.8. The van der Waals surface area contributed by atoms with Gasteiger partial charge in [-0.05, 0) is 31.2 Å². The van der Waals surface area contributed by atoms with Crippen molar-refractivity contribution in [3.63, 3.8) is 0 Å². The number of aliphatic hydroxyl groups is 1. The van der Waals surface area contributed by atoms with Crippen LogP contribution in [0.25, 0.3) is 10.9 Å². The molecule has 0 radical (unpaired) electrons. The van der Waals surface area contributed by atoms with Gasteiger partial charge in [0.15, 0.2) is 0 Å². The van der Waals surface area contributed by atoms with E-state index in [-0.39, 0.29) is 18.6 Å². The van der Waals surface area contributed by atoms with Gasteiger partial charge < -0.3 is 25.9 Å². The molecule has 0 spiro atoms. The van der Waals surface area contributed by atoms with Crippen LogP contribution in [0.4, 0.5) is 5.69 Å². The molecule has 1 fully saturated rings. The second kappa shape index (κ2) is 5.05. The van der Waals surface area contributed by atoms with E-state index in [9.17, 15) is 9.90 Å². The lowest BCUT2D eigenvalue weighted by atomic mass is 9.97. The molecule has 0 saturated carbocycles. The Hall–Kier alpha value is -2.05. The number of carbonyl (C=O) groups excluding carboxylic acids is 1. The van der Waals surface area contributed by atoms with Crippen LogP contribution in [0.3, 0.4) is 0 Å². The number of anilines is 1. The summed E-state index contributed by atoms with van der Waals surface area (Å²) in [7, 11) is 0. The van der Waals surface area contributed by atoms with E-state index in [2.05, 4.69) is 10.3 Å². The average molecular weight is 289 g/mol. The molecular formula is C15H19N3O3. The summed E-state index contributed by atoms with van der Waals surface area (Å²) in [6, 6.07) is 7.17. The molecule has 5 N–H and O–H groups in total. The summed E-state index contributed by atoms with van der Waals surface area (Å²) in [4.78, 5) is 15.2. The van der Waals surface area contributed by atoms with Crippen LogP contribution in [0, 0.1) is 0 Å². The molecule has 0 bridgehead atoms. The summed E-state index contributed by atoms with van der Waals surface area (Å²) in [5, 5.41) is 14.0. The monoisotopic (exact) mass is 289 g/mol. The minimum Gasteiger partial charge on any atom is -0.399 e. The molecule has 1 saturated heterocycles. The third kappa shape index (κ3) is 2.59. The summed E-state index contributed by atoms with van der Waals surface area (Å²) in [6.45, 7) is 2.49. The van der Waals surface area contributed by atoms with Crippen LogP contribution >= 0.6 is 0 Å². The van der Waals surface area contributed by atoms with E-state index < -0.39 is 5.60 Å². The summed E-state index contributed by atoms with van der Waals surface area (Å²) in [6.07, 6.45) is 0.248. The highest BCUT2D eigenvalue weighted by Crippen LogP contribution is 2.25. The lowest BCUT2D eigenvalue weighted by Gasteiger charge is -2.25. The molecule has 2 unspecified atom stereocenters. The van der Waals surface area contributed by atoms with Gasteiger partial charge in [0.25, 0.3) is 5.91 Å². The van der Waals surface area contributed by atoms with E-state index in [1.54, 1.807) is 12.1 Å². The van der Waals surface area contributed by atoms with Crippen LogP contribution in [0.1, 0.15) is 23.8 Å². The molecule has 2 atom stereocenters. The van der Waals surface area contributed by atoms with Gasteiger partial charge in [0, 0.05) is 36.2 Å². The largest absolute Gasteiger partial charge is 0.399 e. The van der Waals surface area contributed by atoms with Crippen molar-refractivity contribution in [3.8, 4) is 0 Å². The number of nitrogens with two attached hydrogens (primary N) is 1. The van der Waals surface area contributed by atoms with Crippen molar-refractivity contribution in [2.45, 2.75) is 25.0 Å². The molecule has 6 nitrogen and oxygen atoms in total. The van der Waals surface area contributed by atoms with Gasteiger partial charge in [-0.25, -0.2) is 0 Å². The van der Waals surface area contributed by atoms with Gasteiger partial charge in [0.1, 0.15) is 11.3 Å². The fourth-order valence-corrected chi connectivity index (χ4v) is 2.60. The van der Waals surface area contributed by atoms with Crippen molar-refractivity contribution in [2.75, 3.05) is 18.9 Å². The van der Waals surface area contributed by atoms with Crippen LogP contribution in [-0.2, 0) is 4.74 Å². The molecular weight excluding hydrogens is 270 g/mol. The summed E-state index contributed by atoms with van der Waals surface area (Å²) >= 11 is 0. The molecule has 0 aliphatic carbocycles. The topological polar surface area (TPSA) is 100 Å². The number of fused-ring (bicyclic) bond motifs is 1. The molecule has 1 aliphatic rings. The molecule has 2 heterocycles. The van der Waals surface area contributed by atoms with Crippen molar-refractivity contribution >= 4 is 22.5 Å². The van der Waals surface area contributed by atoms with Gasteiger partial charge in [0.2, 0.25) is 0 Å². The van der Waals surface area contributed by atoms with Crippen molar-refractivity contribution in [1.82, 2.24) is 10.3 Å². The standard InChI is InChI=1S/C15H19N3O3/c1-9-15(20,4-5-21-9)8-17-14(19)13-7-10-6-11(16)2-3-12(10)18-13/h2-3,6-7,9,18,20H,4-5,8,16H2,1H3,(H,17,19). The average Bonchev–Trinajstić information content (AvgIpc) is 3.01. The van der Waals surface area contributed by atoms with E-state index in [1.807, 2.05) is 19.1 Å². The molecule has 1 aromatic carbocycles. The number of nitrogen functional groups attached to an aromatic ring is 1. The van der Waals surface area contributed by atoms with Crippen LogP contribution in [0.5, 0.6) is 0 Å². The highest BCUT2D eigenvalue weighted by atomic mass is 16.5. The Morgan fingerprint density at radius 2 is 2.38 bits per heavy atom. The second-order valence-corrected chi connectivity index (χ2v) is 5.58. The first-order valence-electron chi connectivity index (χ1n) is 6.98. The number of hydrogen-bond donors (Lipinski definition) is 4. The molecule has 1 amide bonds. The van der Waals surface area contributed by atoms with Crippen LogP contribution in [-0.4, -0.2) is 40.9 Å². The minimum absolute atomic E-state index is 0.171. The predicted octanol–water partition coefficient (Wildman–Crippen LogP) is 1.02. The maximum absolute atomic E-state index is 12.2. The summed E-state index contributed by atoms with van der Waals surface area (Å²) < 4.78 is 5.34. The fourth-order valence-electron chi connectivity index (χ4n) is 2.60. The number of ether oxygens (including phenoxy) is 1. The Morgan fingerprint density at radius 1 is 1.57 bits per heavy atom. The molecule has 2 aromatic rings. The van der Waals surface area contributed by atoms with Crippen molar-refractivity contribution < 1.29 is 14.6 Å². The number of aromatic amines is 1. The molecule has 3 rings (SSSR count). The maximum Gasteiger partial charge on any atom is 0.267 e. The number of nitrogens with one attached hydrogen (secondary N) is 2. The van der Waals surface area contributed by atoms with E-state index in [0.717, 1.165) is 10.9 Å².